The van der Waals surface area contributed by atoms with Crippen molar-refractivity contribution in [3.63, 3.8) is 0 Å². The predicted octanol–water partition coefficient (Wildman–Crippen LogP) is 4.27. The van der Waals surface area contributed by atoms with Gasteiger partial charge < -0.3 is 0 Å². The summed E-state index contributed by atoms with van der Waals surface area (Å²) in [6.45, 7) is 5.42. The van der Waals surface area contributed by atoms with E-state index in [4.69, 9.17) is 0 Å². The Labute approximate surface area is 155 Å². The van der Waals surface area contributed by atoms with Crippen molar-refractivity contribution in [1.82, 2.24) is 10.4 Å². The molecule has 134 valence electrons. The van der Waals surface area contributed by atoms with Crippen LogP contribution in [0.3, 0.4) is 0 Å². The minimum absolute atomic E-state index is 0.0973. The van der Waals surface area contributed by atoms with Crippen molar-refractivity contribution in [1.29, 1.82) is 0 Å². The zero-order valence-electron chi connectivity index (χ0n) is 14.6. The van der Waals surface area contributed by atoms with Crippen molar-refractivity contribution in [3.8, 4) is 0 Å². The molecular formula is C19H22BrFN2O2. The van der Waals surface area contributed by atoms with Crippen LogP contribution in [0.5, 0.6) is 0 Å². The third-order valence-electron chi connectivity index (χ3n) is 3.76. The summed E-state index contributed by atoms with van der Waals surface area (Å²) in [5.74, 6) is -1.58. The summed E-state index contributed by atoms with van der Waals surface area (Å²) in [5, 5.41) is 1.76. The molecule has 0 saturated heterocycles. The maximum Gasteiger partial charge on any atom is 0.272 e. The second-order valence-electron chi connectivity index (χ2n) is 6.84. The van der Waals surface area contributed by atoms with Crippen molar-refractivity contribution in [2.75, 3.05) is 0 Å². The maximum absolute atomic E-state index is 14.2. The average Bonchev–Trinajstić information content (AvgIpc) is 2.58. The van der Waals surface area contributed by atoms with Crippen LogP contribution in [0.2, 0.25) is 0 Å². The summed E-state index contributed by atoms with van der Waals surface area (Å²) in [4.78, 5) is 25.3. The third kappa shape index (κ3) is 4.78. The fraction of sp³-hybridized carbons (Fsp3) is 0.368. The molecule has 1 aliphatic carbocycles. The first kappa shape index (κ1) is 19.4. The van der Waals surface area contributed by atoms with E-state index in [9.17, 15) is 14.0 Å². The predicted molar refractivity (Wildman–Crippen MR) is 99.6 cm³/mol. The van der Waals surface area contributed by atoms with E-state index < -0.39 is 17.3 Å². The molecule has 0 atom stereocenters. The van der Waals surface area contributed by atoms with E-state index >= 15 is 0 Å². The fourth-order valence-corrected chi connectivity index (χ4v) is 2.76. The van der Waals surface area contributed by atoms with E-state index in [-0.39, 0.29) is 11.5 Å². The number of hydrogen-bond acceptors (Lipinski definition) is 2. The molecule has 0 bridgehead atoms. The highest BCUT2D eigenvalue weighted by molar-refractivity contribution is 9.08. The number of carbonyl (C=O) groups is 2. The molecule has 0 aromatic heterocycles. The monoisotopic (exact) mass is 408 g/mol. The zero-order valence-corrected chi connectivity index (χ0v) is 16.2. The topological polar surface area (TPSA) is 49.4 Å². The molecule has 6 heteroatoms. The van der Waals surface area contributed by atoms with Crippen LogP contribution in [0, 0.1) is 5.82 Å². The van der Waals surface area contributed by atoms with Crippen LogP contribution in [-0.4, -0.2) is 22.4 Å². The van der Waals surface area contributed by atoms with Gasteiger partial charge in [0.2, 0.25) is 0 Å². The van der Waals surface area contributed by atoms with E-state index in [2.05, 4.69) is 21.4 Å². The summed E-state index contributed by atoms with van der Waals surface area (Å²) in [7, 11) is 0. The quantitative estimate of drug-likeness (QED) is 0.599. The molecule has 0 spiro atoms. The van der Waals surface area contributed by atoms with Crippen molar-refractivity contribution in [2.24, 2.45) is 0 Å². The van der Waals surface area contributed by atoms with Gasteiger partial charge in [-0.1, -0.05) is 40.2 Å². The lowest BCUT2D eigenvalue weighted by Crippen LogP contribution is -2.56. The van der Waals surface area contributed by atoms with Gasteiger partial charge in [-0.15, -0.1) is 0 Å². The minimum Gasteiger partial charge on any atom is -0.267 e. The smallest absolute Gasteiger partial charge is 0.267 e. The second-order valence-corrected chi connectivity index (χ2v) is 7.40. The highest BCUT2D eigenvalue weighted by atomic mass is 79.9. The molecule has 1 aromatic rings. The van der Waals surface area contributed by atoms with Crippen LogP contribution >= 0.6 is 15.9 Å². The molecule has 25 heavy (non-hydrogen) atoms. The van der Waals surface area contributed by atoms with Crippen molar-refractivity contribution >= 4 is 27.7 Å². The first-order chi connectivity index (χ1) is 11.7. The van der Waals surface area contributed by atoms with Gasteiger partial charge in [0.1, 0.15) is 5.82 Å². The molecule has 0 fully saturated rings. The number of amides is 2. The summed E-state index contributed by atoms with van der Waals surface area (Å²) in [6, 6.07) is 4.40. The number of allylic oxidation sites excluding steroid dienone is 2. The molecule has 1 aromatic carbocycles. The van der Waals surface area contributed by atoms with Crippen LogP contribution < -0.4 is 5.43 Å². The summed E-state index contributed by atoms with van der Waals surface area (Å²) in [5.41, 5.74) is 3.06. The Kier molecular flexibility index (Phi) is 6.16. The van der Waals surface area contributed by atoms with Gasteiger partial charge in [-0.2, -0.15) is 0 Å². The molecule has 4 nitrogen and oxygen atoms in total. The Balaban J connectivity index is 2.25. The van der Waals surface area contributed by atoms with Gasteiger partial charge in [0.15, 0.2) is 0 Å². The van der Waals surface area contributed by atoms with Gasteiger partial charge in [-0.05, 0) is 51.3 Å². The maximum atomic E-state index is 14.2. The lowest BCUT2D eigenvalue weighted by Gasteiger charge is -2.36. The number of alkyl halides is 1. The van der Waals surface area contributed by atoms with Crippen LogP contribution in [-0.2, 0) is 10.1 Å². The fourth-order valence-electron chi connectivity index (χ4n) is 2.41. The SMILES string of the molecule is CC(C)(C)N(NC(=O)c1ccc(CBr)cc1F)C(=O)C1=CCCC=C1. The molecule has 0 heterocycles. The molecular weight excluding hydrogens is 387 g/mol. The Bertz CT molecular complexity index is 735. The lowest BCUT2D eigenvalue weighted by atomic mass is 10.0. The molecule has 1 aliphatic rings. The first-order valence-corrected chi connectivity index (χ1v) is 9.23. The summed E-state index contributed by atoms with van der Waals surface area (Å²) in [6.07, 6.45) is 7.20. The Hall–Kier alpha value is -1.95. The van der Waals surface area contributed by atoms with E-state index in [1.54, 1.807) is 12.1 Å². The van der Waals surface area contributed by atoms with Crippen LogP contribution in [0.15, 0.2) is 42.0 Å². The van der Waals surface area contributed by atoms with E-state index in [0.717, 1.165) is 18.4 Å². The number of nitrogens with one attached hydrogen (secondary N) is 1. The standard InChI is InChI=1S/C19H22BrFN2O2/c1-19(2,3)23(18(25)14-7-5-4-6-8-14)22-17(24)15-10-9-13(12-20)11-16(15)21/h5,7-11H,4,6,12H2,1-3H3,(H,22,24). The van der Waals surface area contributed by atoms with Gasteiger partial charge >= 0.3 is 0 Å². The van der Waals surface area contributed by atoms with Crippen LogP contribution in [0.4, 0.5) is 4.39 Å². The van der Waals surface area contributed by atoms with Gasteiger partial charge in [-0.3, -0.25) is 15.0 Å². The van der Waals surface area contributed by atoms with Crippen molar-refractivity contribution in [3.05, 3.63) is 58.9 Å². The average molecular weight is 409 g/mol. The number of halogens is 2. The van der Waals surface area contributed by atoms with Crippen molar-refractivity contribution in [2.45, 2.75) is 44.5 Å². The summed E-state index contributed by atoms with van der Waals surface area (Å²) >= 11 is 3.25. The number of benzene rings is 1. The number of hydrazine groups is 1. The molecule has 2 amide bonds. The van der Waals surface area contributed by atoms with Crippen molar-refractivity contribution < 1.29 is 14.0 Å². The molecule has 2 rings (SSSR count). The Morgan fingerprint density at radius 2 is 2.00 bits per heavy atom. The second kappa shape index (κ2) is 7.95. The molecule has 1 N–H and O–H groups in total. The van der Waals surface area contributed by atoms with Gasteiger partial charge in [-0.25, -0.2) is 9.40 Å². The Morgan fingerprint density at radius 3 is 2.52 bits per heavy atom. The van der Waals surface area contributed by atoms with E-state index in [1.807, 2.05) is 32.9 Å². The molecule has 0 unspecified atom stereocenters. The summed E-state index contributed by atoms with van der Waals surface area (Å²) < 4.78 is 14.2. The van der Waals surface area contributed by atoms with Gasteiger partial charge in [0.25, 0.3) is 11.8 Å². The van der Waals surface area contributed by atoms with Gasteiger partial charge in [0.05, 0.1) is 11.1 Å². The molecule has 0 saturated carbocycles. The highest BCUT2D eigenvalue weighted by Gasteiger charge is 2.30. The number of hydrogen-bond donors (Lipinski definition) is 1. The number of rotatable bonds is 3. The van der Waals surface area contributed by atoms with Crippen LogP contribution in [0.25, 0.3) is 0 Å². The van der Waals surface area contributed by atoms with Crippen LogP contribution in [0.1, 0.15) is 49.5 Å². The zero-order chi connectivity index (χ0) is 18.6. The van der Waals surface area contributed by atoms with E-state index in [1.165, 1.54) is 17.1 Å². The Morgan fingerprint density at radius 1 is 1.28 bits per heavy atom. The third-order valence-corrected chi connectivity index (χ3v) is 4.41. The van der Waals surface area contributed by atoms with Gasteiger partial charge in [0, 0.05) is 10.9 Å². The van der Waals surface area contributed by atoms with E-state index in [0.29, 0.717) is 10.9 Å². The highest BCUT2D eigenvalue weighted by Crippen LogP contribution is 2.19. The molecule has 0 aliphatic heterocycles. The first-order valence-electron chi connectivity index (χ1n) is 8.10. The largest absolute Gasteiger partial charge is 0.272 e. The number of nitrogens with zero attached hydrogens (tertiary/aromatic N) is 1. The minimum atomic E-state index is -0.662. The lowest BCUT2D eigenvalue weighted by molar-refractivity contribution is -0.134. The number of carbonyl (C=O) groups excluding carboxylic acids is 2. The molecule has 0 radical (unpaired) electrons. The normalized spacial score (nSPS) is 14.0.